The number of aromatic nitrogens is 3. The highest BCUT2D eigenvalue weighted by atomic mass is 16.4. The Morgan fingerprint density at radius 1 is 1.09 bits per heavy atom. The van der Waals surface area contributed by atoms with Crippen molar-refractivity contribution in [1.29, 1.82) is 5.26 Å². The van der Waals surface area contributed by atoms with Crippen molar-refractivity contribution in [2.24, 2.45) is 0 Å². The molecule has 2 N–H and O–H groups in total. The summed E-state index contributed by atoms with van der Waals surface area (Å²) in [5.41, 5.74) is 7.76. The van der Waals surface area contributed by atoms with Gasteiger partial charge in [0.15, 0.2) is 23.6 Å². The second-order valence-electron chi connectivity index (χ2n) is 11.8. The van der Waals surface area contributed by atoms with Crippen molar-refractivity contribution >= 4 is 34.3 Å². The summed E-state index contributed by atoms with van der Waals surface area (Å²) in [6.45, 7) is 7.49. The molecule has 0 spiro atoms. The number of aliphatic hydroxyl groups excluding tert-OH is 1. The summed E-state index contributed by atoms with van der Waals surface area (Å²) in [4.78, 5) is 30.0. The summed E-state index contributed by atoms with van der Waals surface area (Å²) in [5.74, 6) is 1.03. The third kappa shape index (κ3) is 6.63. The first-order chi connectivity index (χ1) is 22.9. The number of carbonyl (C=O) groups is 1. The van der Waals surface area contributed by atoms with Gasteiger partial charge in [-0.2, -0.15) is 5.26 Å². The minimum absolute atomic E-state index is 0.0387. The Kier molecular flexibility index (Phi) is 9.38. The Labute approximate surface area is 274 Å². The van der Waals surface area contributed by atoms with E-state index in [1.807, 2.05) is 55.7 Å². The quantitative estimate of drug-likeness (QED) is 0.123. The van der Waals surface area contributed by atoms with Gasteiger partial charge in [0.1, 0.15) is 17.2 Å². The number of hydrogen-bond donors (Lipinski definition) is 2. The number of hydrogen-bond acceptors (Lipinski definition) is 10. The smallest absolute Gasteiger partial charge is 0.227 e. The molecule has 0 bridgehead atoms. The molecule has 1 aliphatic heterocycles. The molecule has 10 heteroatoms. The van der Waals surface area contributed by atoms with E-state index >= 15 is 0 Å². The Balaban J connectivity index is 1.31. The Hall–Kier alpha value is -5.37. The second-order valence-corrected chi connectivity index (χ2v) is 11.8. The average Bonchev–Trinajstić information content (AvgIpc) is 3.75. The van der Waals surface area contributed by atoms with Gasteiger partial charge < -0.3 is 19.7 Å². The Morgan fingerprint density at radius 3 is 2.57 bits per heavy atom. The summed E-state index contributed by atoms with van der Waals surface area (Å²) in [6.07, 6.45) is 8.41. The van der Waals surface area contributed by atoms with Crippen LogP contribution in [0.1, 0.15) is 45.8 Å². The molecule has 0 aliphatic carbocycles. The number of fused-ring (bicyclic) bond motifs is 1. The molecule has 1 saturated heterocycles. The predicted molar refractivity (Wildman–Crippen MR) is 183 cm³/mol. The lowest BCUT2D eigenvalue weighted by molar-refractivity contribution is 0.111. The van der Waals surface area contributed by atoms with Crippen LogP contribution in [0.5, 0.6) is 0 Å². The number of nitrogens with zero attached hydrogens (tertiary/aromatic N) is 6. The number of likely N-dealkylation sites (N-methyl/N-ethyl adjacent to an activating group) is 1. The normalized spacial score (nSPS) is 13.6. The second kappa shape index (κ2) is 14.0. The molecule has 2 aromatic carbocycles. The number of oxazole rings is 1. The fourth-order valence-corrected chi connectivity index (χ4v) is 6.13. The van der Waals surface area contributed by atoms with E-state index in [2.05, 4.69) is 45.3 Å². The maximum atomic E-state index is 11.9. The van der Waals surface area contributed by atoms with Gasteiger partial charge in [0.05, 0.1) is 6.61 Å². The molecule has 238 valence electrons. The molecule has 0 unspecified atom stereocenters. The maximum Gasteiger partial charge on any atom is 0.227 e. The van der Waals surface area contributed by atoms with Gasteiger partial charge in [-0.25, -0.2) is 9.97 Å². The van der Waals surface area contributed by atoms with Crippen LogP contribution in [0.25, 0.3) is 39.1 Å². The zero-order valence-electron chi connectivity index (χ0n) is 26.8. The standard InChI is InChI=1S/C37H37N7O3/c1-24-29(8-6-10-31(24)37-42-33(23-46)35(47-37)28(19-38)22-43(3)16-17-45)30-9-7-11-32(25(30)2)41-36-34-27(12-13-39-36)18-26(20-40-34)21-44-14-4-5-15-44/h6-13,18,20,22-23,45H,4-5,14-17,21H2,1-3H3,(H,39,41)/b28-22-. The van der Waals surface area contributed by atoms with Crippen molar-refractivity contribution in [3.8, 4) is 28.7 Å². The van der Waals surface area contributed by atoms with E-state index in [1.54, 1.807) is 11.9 Å². The molecule has 1 fully saturated rings. The van der Waals surface area contributed by atoms with E-state index < -0.39 is 0 Å². The lowest BCUT2D eigenvalue weighted by atomic mass is 9.93. The van der Waals surface area contributed by atoms with Crippen LogP contribution >= 0.6 is 0 Å². The molecule has 0 atom stereocenters. The number of aliphatic hydroxyl groups is 1. The van der Waals surface area contributed by atoms with E-state index in [-0.39, 0.29) is 29.5 Å². The zero-order chi connectivity index (χ0) is 32.9. The first-order valence-corrected chi connectivity index (χ1v) is 15.7. The summed E-state index contributed by atoms with van der Waals surface area (Å²) >= 11 is 0. The topological polar surface area (TPSA) is 131 Å². The van der Waals surface area contributed by atoms with Crippen molar-refractivity contribution in [2.75, 3.05) is 38.6 Å². The SMILES string of the molecule is Cc1c(Nc2nccc3cc(CN4CCCC4)cnc23)cccc1-c1cccc(-c2nc(C=O)c(/C(C#N)=C\N(C)CCO)o2)c1C. The Morgan fingerprint density at radius 2 is 1.83 bits per heavy atom. The third-order valence-electron chi connectivity index (χ3n) is 8.63. The molecule has 4 heterocycles. The molecule has 3 aromatic heterocycles. The molecule has 10 nitrogen and oxygen atoms in total. The van der Waals surface area contributed by atoms with Crippen LogP contribution in [-0.2, 0) is 6.54 Å². The van der Waals surface area contributed by atoms with Gasteiger partial charge in [-0.3, -0.25) is 14.7 Å². The van der Waals surface area contributed by atoms with Crippen LogP contribution in [0.4, 0.5) is 11.5 Å². The average molecular weight is 628 g/mol. The van der Waals surface area contributed by atoms with Gasteiger partial charge in [-0.15, -0.1) is 0 Å². The highest BCUT2D eigenvalue weighted by Gasteiger charge is 2.21. The van der Waals surface area contributed by atoms with Gasteiger partial charge in [0, 0.05) is 55.4 Å². The molecule has 47 heavy (non-hydrogen) atoms. The van der Waals surface area contributed by atoms with Crippen LogP contribution in [0.3, 0.4) is 0 Å². The zero-order valence-corrected chi connectivity index (χ0v) is 26.8. The van der Waals surface area contributed by atoms with Gasteiger partial charge >= 0.3 is 0 Å². The number of rotatable bonds is 11. The largest absolute Gasteiger partial charge is 0.434 e. The van der Waals surface area contributed by atoms with Crippen LogP contribution in [-0.4, -0.2) is 69.4 Å². The highest BCUT2D eigenvalue weighted by Crippen LogP contribution is 2.37. The number of aldehydes is 1. The van der Waals surface area contributed by atoms with E-state index in [4.69, 9.17) is 9.40 Å². The minimum atomic E-state index is -0.0782. The fourth-order valence-electron chi connectivity index (χ4n) is 6.13. The molecule has 6 rings (SSSR count). The third-order valence-corrected chi connectivity index (χ3v) is 8.63. The highest BCUT2D eigenvalue weighted by molar-refractivity contribution is 5.91. The first kappa shape index (κ1) is 31.6. The van der Waals surface area contributed by atoms with Gasteiger partial charge in [-0.1, -0.05) is 24.3 Å². The molecule has 0 amide bonds. The summed E-state index contributed by atoms with van der Waals surface area (Å²) in [7, 11) is 1.73. The Bertz CT molecular complexity index is 2000. The van der Waals surface area contributed by atoms with Crippen molar-refractivity contribution in [2.45, 2.75) is 33.2 Å². The molecule has 0 saturated carbocycles. The van der Waals surface area contributed by atoms with E-state index in [1.165, 1.54) is 24.6 Å². The monoisotopic (exact) mass is 627 g/mol. The molecular weight excluding hydrogens is 590 g/mol. The van der Waals surface area contributed by atoms with Crippen molar-refractivity contribution in [3.05, 3.63) is 95.3 Å². The van der Waals surface area contributed by atoms with E-state index in [0.717, 1.165) is 58.5 Å². The molecular formula is C37H37N7O3. The van der Waals surface area contributed by atoms with Crippen molar-refractivity contribution in [1.82, 2.24) is 24.8 Å². The summed E-state index contributed by atoms with van der Waals surface area (Å²) in [5, 5.41) is 23.6. The first-order valence-electron chi connectivity index (χ1n) is 15.7. The molecule has 5 aromatic rings. The van der Waals surface area contributed by atoms with E-state index in [0.29, 0.717) is 24.2 Å². The number of nitrogens with one attached hydrogen (secondary N) is 1. The minimum Gasteiger partial charge on any atom is -0.434 e. The number of nitriles is 1. The molecule has 1 aliphatic rings. The van der Waals surface area contributed by atoms with Gasteiger partial charge in [-0.05, 0) is 91.9 Å². The van der Waals surface area contributed by atoms with Crippen LogP contribution in [0.15, 0.2) is 71.5 Å². The van der Waals surface area contributed by atoms with E-state index in [9.17, 15) is 15.2 Å². The van der Waals surface area contributed by atoms with Crippen LogP contribution in [0, 0.1) is 25.2 Å². The summed E-state index contributed by atoms with van der Waals surface area (Å²) in [6, 6.07) is 18.3. The number of likely N-dealkylation sites (tertiary alicyclic amines) is 1. The maximum absolute atomic E-state index is 11.9. The number of allylic oxidation sites excluding steroid dienone is 1. The van der Waals surface area contributed by atoms with Crippen molar-refractivity contribution < 1.29 is 14.3 Å². The number of carbonyl (C=O) groups excluding carboxylic acids is 1. The lowest BCUT2D eigenvalue weighted by Gasteiger charge is -2.17. The van der Waals surface area contributed by atoms with Crippen molar-refractivity contribution in [3.63, 3.8) is 0 Å². The number of benzene rings is 2. The van der Waals surface area contributed by atoms with Gasteiger partial charge in [0.2, 0.25) is 5.89 Å². The van der Waals surface area contributed by atoms with Crippen LogP contribution < -0.4 is 5.32 Å². The molecule has 0 radical (unpaired) electrons. The number of pyridine rings is 2. The fraction of sp³-hybridized carbons (Fsp3) is 0.270. The number of anilines is 2. The summed E-state index contributed by atoms with van der Waals surface area (Å²) < 4.78 is 6.06. The van der Waals surface area contributed by atoms with Gasteiger partial charge in [0.25, 0.3) is 0 Å². The van der Waals surface area contributed by atoms with Crippen LogP contribution in [0.2, 0.25) is 0 Å². The predicted octanol–water partition coefficient (Wildman–Crippen LogP) is 6.51. The lowest BCUT2D eigenvalue weighted by Crippen LogP contribution is -2.18.